The Morgan fingerprint density at radius 2 is 1.48 bits per heavy atom. The molecule has 3 heterocycles. The second-order valence-corrected chi connectivity index (χ2v) is 20.0. The molecule has 338 valence electrons. The fourth-order valence-corrected chi connectivity index (χ4v) is 9.16. The number of carbonyl (C=O) groups excluding carboxylic acids is 4. The maximum absolute atomic E-state index is 16.1. The molecule has 0 radical (unpaired) electrons. The zero-order valence-electron chi connectivity index (χ0n) is 35.8. The van der Waals surface area contributed by atoms with Gasteiger partial charge in [-0.2, -0.15) is 4.31 Å². The molecule has 3 N–H and O–H groups in total. The number of alkyl carbamates (subject to hydrolysis) is 2. The van der Waals surface area contributed by atoms with Crippen molar-refractivity contribution in [2.24, 2.45) is 11.8 Å². The fraction of sp³-hybridized carbons (Fsp3) is 0.634. The highest BCUT2D eigenvalue weighted by Gasteiger charge is 2.45. The minimum absolute atomic E-state index is 0.0292. The van der Waals surface area contributed by atoms with Gasteiger partial charge in [0.15, 0.2) is 0 Å². The molecule has 16 nitrogen and oxygen atoms in total. The second kappa shape index (κ2) is 19.4. The Labute approximate surface area is 361 Å². The molecule has 1 unspecified atom stereocenters. The van der Waals surface area contributed by atoms with Crippen LogP contribution in [0.5, 0.6) is 0 Å². The Kier molecular flexibility index (Phi) is 15.2. The van der Waals surface area contributed by atoms with Crippen LogP contribution in [0.1, 0.15) is 79.2 Å². The highest BCUT2D eigenvalue weighted by atomic mass is 35.5. The number of methoxy groups -OCH3 is 1. The van der Waals surface area contributed by atoms with Crippen LogP contribution < -0.4 is 25.8 Å². The van der Waals surface area contributed by atoms with Crippen LogP contribution >= 0.6 is 11.6 Å². The molecule has 20 heteroatoms. The van der Waals surface area contributed by atoms with Gasteiger partial charge in [-0.3, -0.25) is 9.59 Å². The van der Waals surface area contributed by atoms with E-state index < -0.39 is 63.3 Å². The molecule has 2 saturated heterocycles. The summed E-state index contributed by atoms with van der Waals surface area (Å²) >= 11 is 6.30. The van der Waals surface area contributed by atoms with Gasteiger partial charge in [0.1, 0.15) is 22.2 Å². The molecular formula is C41H58ClF2N7O9S. The number of carbonyl (C=O) groups is 4. The van der Waals surface area contributed by atoms with Crippen molar-refractivity contribution in [2.45, 2.75) is 108 Å². The zero-order valence-corrected chi connectivity index (χ0v) is 37.3. The molecule has 5 rings (SSSR count). The Hall–Kier alpha value is -4.33. The van der Waals surface area contributed by atoms with E-state index in [1.807, 2.05) is 0 Å². The number of pyridine rings is 1. The summed E-state index contributed by atoms with van der Waals surface area (Å²) in [6, 6.07) is 7.93. The van der Waals surface area contributed by atoms with Crippen LogP contribution in [0.3, 0.4) is 0 Å². The average Bonchev–Trinajstić information content (AvgIpc) is 3.55. The lowest BCUT2D eigenvalue weighted by atomic mass is 9.77. The van der Waals surface area contributed by atoms with Crippen LogP contribution in [-0.4, -0.2) is 118 Å². The number of hydrogen-bond donors (Lipinski definition) is 3. The molecule has 2 atom stereocenters. The standard InChI is InChI=1S/C41H58ClF2N7O9S/c1-39(2,3)59-37(54)46-24-31(58-7)23-45-36(53)26-8-10-27(11-9-26)41(43,44)28-20-33(42)48-34(21-28)49-16-18-50(19-17-49)61(56,57)32-14-12-30(13-15-32)51-25-29(22-35(51)52)47-38(55)60-40(4,5)6/h12-15,20-21,26-27,29,31H,8-11,16-19,22-25H2,1-7H3,(H,45,53)(H,46,54)(H,47,55)/t26?,27?,29-,31?/m1/s1. The maximum atomic E-state index is 16.1. The van der Waals surface area contributed by atoms with Crippen molar-refractivity contribution in [1.82, 2.24) is 25.2 Å². The lowest BCUT2D eigenvalue weighted by Crippen LogP contribution is -2.49. The molecule has 1 aromatic heterocycles. The summed E-state index contributed by atoms with van der Waals surface area (Å²) < 4.78 is 76.7. The molecule has 1 saturated carbocycles. The molecule has 0 spiro atoms. The van der Waals surface area contributed by atoms with Crippen LogP contribution in [-0.2, 0) is 39.7 Å². The smallest absolute Gasteiger partial charge is 0.407 e. The molecule has 2 aromatic rings. The van der Waals surface area contributed by atoms with Crippen LogP contribution in [0.4, 0.5) is 29.9 Å². The number of alkyl halides is 2. The Bertz CT molecular complexity index is 2000. The molecule has 3 aliphatic rings. The SMILES string of the molecule is COC(CNC(=O)OC(C)(C)C)CNC(=O)C1CCC(C(F)(F)c2cc(Cl)nc(N3CCN(S(=O)(=O)c4ccc(N5C[C@H](NC(=O)OC(C)(C)C)CC5=O)cc4)CC3)c2)CC1. The lowest BCUT2D eigenvalue weighted by molar-refractivity contribution is -0.129. The van der Waals surface area contributed by atoms with Crippen LogP contribution in [0.25, 0.3) is 0 Å². The van der Waals surface area contributed by atoms with Crippen molar-refractivity contribution in [2.75, 3.05) is 62.7 Å². The Morgan fingerprint density at radius 3 is 2.07 bits per heavy atom. The van der Waals surface area contributed by atoms with Gasteiger partial charge in [-0.1, -0.05) is 11.6 Å². The Morgan fingerprint density at radius 1 is 0.885 bits per heavy atom. The molecule has 0 bridgehead atoms. The third-order valence-electron chi connectivity index (χ3n) is 10.7. The first-order valence-electron chi connectivity index (χ1n) is 20.4. The van der Waals surface area contributed by atoms with Gasteiger partial charge in [-0.05, 0) is 104 Å². The van der Waals surface area contributed by atoms with Gasteiger partial charge < -0.3 is 40.0 Å². The number of rotatable bonds is 13. The Balaban J connectivity index is 1.12. The van der Waals surface area contributed by atoms with E-state index in [4.69, 9.17) is 25.8 Å². The first-order valence-corrected chi connectivity index (χ1v) is 22.2. The second-order valence-electron chi connectivity index (χ2n) is 17.6. The number of sulfonamides is 1. The monoisotopic (exact) mass is 897 g/mol. The van der Waals surface area contributed by atoms with Gasteiger partial charge in [0.2, 0.25) is 21.8 Å². The number of aromatic nitrogens is 1. The number of amides is 4. The van der Waals surface area contributed by atoms with Crippen molar-refractivity contribution in [3.05, 3.63) is 47.1 Å². The van der Waals surface area contributed by atoms with Gasteiger partial charge in [-0.15, -0.1) is 0 Å². The quantitative estimate of drug-likeness (QED) is 0.218. The van der Waals surface area contributed by atoms with E-state index in [0.717, 1.165) is 6.07 Å². The lowest BCUT2D eigenvalue weighted by Gasteiger charge is -2.36. The molecule has 4 amide bonds. The van der Waals surface area contributed by atoms with Crippen molar-refractivity contribution < 1.29 is 50.6 Å². The zero-order chi connectivity index (χ0) is 44.9. The van der Waals surface area contributed by atoms with Gasteiger partial charge in [0, 0.05) is 82.4 Å². The summed E-state index contributed by atoms with van der Waals surface area (Å²) in [5.74, 6) is -5.06. The number of ether oxygens (including phenoxy) is 3. The number of halogens is 3. The predicted octanol–water partition coefficient (Wildman–Crippen LogP) is 5.43. The van der Waals surface area contributed by atoms with E-state index in [9.17, 15) is 27.6 Å². The van der Waals surface area contributed by atoms with E-state index in [0.29, 0.717) is 5.69 Å². The van der Waals surface area contributed by atoms with E-state index in [2.05, 4.69) is 20.9 Å². The predicted molar refractivity (Wildman–Crippen MR) is 224 cm³/mol. The summed E-state index contributed by atoms with van der Waals surface area (Å²) in [6.45, 7) is 11.3. The van der Waals surface area contributed by atoms with Crippen molar-refractivity contribution in [3.63, 3.8) is 0 Å². The van der Waals surface area contributed by atoms with E-state index in [-0.39, 0.29) is 111 Å². The first kappa shape index (κ1) is 47.7. The van der Waals surface area contributed by atoms with Gasteiger partial charge in [0.25, 0.3) is 5.92 Å². The summed E-state index contributed by atoms with van der Waals surface area (Å²) in [7, 11) is -2.49. The van der Waals surface area contributed by atoms with Crippen LogP contribution in [0.15, 0.2) is 41.3 Å². The van der Waals surface area contributed by atoms with Crippen molar-refractivity contribution in [3.8, 4) is 0 Å². The molecule has 1 aliphatic carbocycles. The molecule has 61 heavy (non-hydrogen) atoms. The summed E-state index contributed by atoms with van der Waals surface area (Å²) in [4.78, 5) is 57.5. The van der Waals surface area contributed by atoms with E-state index in [1.54, 1.807) is 58.6 Å². The van der Waals surface area contributed by atoms with Gasteiger partial charge in [-0.25, -0.2) is 31.8 Å². The molecular weight excluding hydrogens is 840 g/mol. The third-order valence-corrected chi connectivity index (χ3v) is 12.8. The van der Waals surface area contributed by atoms with Crippen molar-refractivity contribution >= 4 is 57.1 Å². The number of nitrogens with zero attached hydrogens (tertiary/aromatic N) is 4. The topological polar surface area (TPSA) is 189 Å². The van der Waals surface area contributed by atoms with Crippen LogP contribution in [0, 0.1) is 11.8 Å². The van der Waals surface area contributed by atoms with E-state index in [1.165, 1.54) is 34.5 Å². The number of hydrogen-bond acceptors (Lipinski definition) is 11. The summed E-state index contributed by atoms with van der Waals surface area (Å²) in [6.07, 6.45) is -0.957. The highest BCUT2D eigenvalue weighted by Crippen LogP contribution is 2.46. The van der Waals surface area contributed by atoms with Gasteiger partial charge in [0.05, 0.1) is 17.0 Å². The third kappa shape index (κ3) is 12.9. The van der Waals surface area contributed by atoms with Crippen molar-refractivity contribution in [1.29, 1.82) is 0 Å². The summed E-state index contributed by atoms with van der Waals surface area (Å²) in [5, 5.41) is 8.01. The minimum Gasteiger partial charge on any atom is -0.444 e. The normalized spacial score (nSPS) is 21.1. The summed E-state index contributed by atoms with van der Waals surface area (Å²) in [5.41, 5.74) is -1.17. The molecule has 3 fully saturated rings. The molecule has 1 aromatic carbocycles. The van der Waals surface area contributed by atoms with E-state index >= 15 is 8.78 Å². The number of anilines is 2. The highest BCUT2D eigenvalue weighted by molar-refractivity contribution is 7.89. The van der Waals surface area contributed by atoms with Crippen LogP contribution in [0.2, 0.25) is 5.15 Å². The maximum Gasteiger partial charge on any atom is 0.407 e. The number of piperazine rings is 1. The molecule has 2 aliphatic heterocycles. The minimum atomic E-state index is -3.94. The number of nitrogens with one attached hydrogen (secondary N) is 3. The fourth-order valence-electron chi connectivity index (χ4n) is 7.53. The largest absolute Gasteiger partial charge is 0.444 e. The van der Waals surface area contributed by atoms with Gasteiger partial charge >= 0.3 is 12.2 Å². The average molecular weight is 898 g/mol. The first-order chi connectivity index (χ1) is 28.4. The number of benzene rings is 1.